The normalized spacial score (nSPS) is 24.2. The fraction of sp³-hybridized carbons (Fsp3) is 0.455. The van der Waals surface area contributed by atoms with Gasteiger partial charge in [0.1, 0.15) is 17.7 Å². The van der Waals surface area contributed by atoms with Crippen molar-refractivity contribution in [2.24, 2.45) is 5.92 Å². The van der Waals surface area contributed by atoms with Crippen LogP contribution in [0.5, 0.6) is 5.75 Å². The van der Waals surface area contributed by atoms with E-state index in [0.29, 0.717) is 12.0 Å². The predicted octanol–water partition coefficient (Wildman–Crippen LogP) is 3.28. The molecular formula is C22H25N3O2. The summed E-state index contributed by atoms with van der Waals surface area (Å²) in [6, 6.07) is 12.3. The smallest absolute Gasteiger partial charge is 0.257 e. The van der Waals surface area contributed by atoms with E-state index < -0.39 is 0 Å². The van der Waals surface area contributed by atoms with Gasteiger partial charge in [-0.2, -0.15) is 0 Å². The summed E-state index contributed by atoms with van der Waals surface area (Å²) in [4.78, 5) is 21.9. The van der Waals surface area contributed by atoms with Gasteiger partial charge in [-0.1, -0.05) is 18.2 Å². The molecule has 2 saturated heterocycles. The first-order valence-electron chi connectivity index (χ1n) is 9.92. The summed E-state index contributed by atoms with van der Waals surface area (Å²) in [7, 11) is 0. The van der Waals surface area contributed by atoms with Gasteiger partial charge in [0.15, 0.2) is 0 Å². The lowest BCUT2D eigenvalue weighted by Crippen LogP contribution is -2.55. The molecule has 5 rings (SSSR count). The lowest BCUT2D eigenvalue weighted by molar-refractivity contribution is 0.0702. The van der Waals surface area contributed by atoms with Crippen LogP contribution in [-0.2, 0) is 0 Å². The number of piperidine rings is 1. The van der Waals surface area contributed by atoms with Gasteiger partial charge >= 0.3 is 0 Å². The van der Waals surface area contributed by atoms with Crippen LogP contribution in [0.25, 0.3) is 0 Å². The molecule has 27 heavy (non-hydrogen) atoms. The van der Waals surface area contributed by atoms with E-state index in [0.717, 1.165) is 48.7 Å². The molecule has 140 valence electrons. The number of aromatic nitrogens is 1. The van der Waals surface area contributed by atoms with Crippen LogP contribution < -0.4 is 9.64 Å². The number of aryl methyl sites for hydroxylation is 1. The molecule has 5 heteroatoms. The summed E-state index contributed by atoms with van der Waals surface area (Å²) >= 11 is 0. The van der Waals surface area contributed by atoms with Gasteiger partial charge in [-0.25, -0.2) is 4.98 Å². The highest BCUT2D eigenvalue weighted by atomic mass is 16.5. The molecule has 0 radical (unpaired) electrons. The Kier molecular flexibility index (Phi) is 4.03. The van der Waals surface area contributed by atoms with Gasteiger partial charge in [0, 0.05) is 18.8 Å². The summed E-state index contributed by atoms with van der Waals surface area (Å²) in [5.41, 5.74) is 1.88. The molecule has 3 aliphatic rings. The minimum atomic E-state index is 0.138. The predicted molar refractivity (Wildman–Crippen MR) is 104 cm³/mol. The molecule has 2 aliphatic heterocycles. The number of rotatable bonds is 4. The van der Waals surface area contributed by atoms with Gasteiger partial charge in [0.25, 0.3) is 5.91 Å². The van der Waals surface area contributed by atoms with Crippen LogP contribution in [0.1, 0.15) is 35.2 Å². The number of benzene rings is 1. The molecule has 0 spiro atoms. The number of para-hydroxylation sites is 1. The topological polar surface area (TPSA) is 45.7 Å². The Morgan fingerprint density at radius 1 is 1.11 bits per heavy atom. The maximum absolute atomic E-state index is 13.1. The Morgan fingerprint density at radius 3 is 2.70 bits per heavy atom. The fourth-order valence-corrected chi connectivity index (χ4v) is 4.70. The molecule has 1 amide bonds. The number of carbonyl (C=O) groups excluding carboxylic acids is 1. The third kappa shape index (κ3) is 2.95. The van der Waals surface area contributed by atoms with E-state index in [9.17, 15) is 4.79 Å². The summed E-state index contributed by atoms with van der Waals surface area (Å²) < 4.78 is 6.11. The average molecular weight is 363 g/mol. The minimum absolute atomic E-state index is 0.138. The van der Waals surface area contributed by atoms with Crippen LogP contribution in [0, 0.1) is 12.8 Å². The van der Waals surface area contributed by atoms with Crippen LogP contribution >= 0.6 is 0 Å². The number of hydrogen-bond acceptors (Lipinski definition) is 4. The average Bonchev–Trinajstić information content (AvgIpc) is 3.29. The lowest BCUT2D eigenvalue weighted by Gasteiger charge is -2.41. The number of nitrogens with zero attached hydrogens (tertiary/aromatic N) is 3. The molecule has 0 N–H and O–H groups in total. The van der Waals surface area contributed by atoms with Crippen molar-refractivity contribution in [3.8, 4) is 5.75 Å². The quantitative estimate of drug-likeness (QED) is 0.836. The first-order valence-corrected chi connectivity index (χ1v) is 9.92. The van der Waals surface area contributed by atoms with Crippen molar-refractivity contribution in [1.29, 1.82) is 0 Å². The first kappa shape index (κ1) is 16.6. The van der Waals surface area contributed by atoms with Crippen molar-refractivity contribution in [2.45, 2.75) is 38.3 Å². The molecule has 1 aromatic heterocycles. The summed E-state index contributed by atoms with van der Waals surface area (Å²) in [5.74, 6) is 2.59. The Balaban J connectivity index is 1.28. The van der Waals surface area contributed by atoms with Crippen LogP contribution in [0.4, 0.5) is 5.82 Å². The number of carbonyl (C=O) groups is 1. The Labute approximate surface area is 159 Å². The second-order valence-electron chi connectivity index (χ2n) is 8.08. The number of fused-ring (bicyclic) bond motifs is 2. The van der Waals surface area contributed by atoms with E-state index in [2.05, 4.69) is 27.8 Å². The molecule has 5 nitrogen and oxygen atoms in total. The summed E-state index contributed by atoms with van der Waals surface area (Å²) in [6.07, 6.45) is 5.52. The molecule has 1 aliphatic carbocycles. The molecule has 1 aromatic carbocycles. The maximum atomic E-state index is 13.1. The van der Waals surface area contributed by atoms with Gasteiger partial charge in [-0.05, 0) is 55.9 Å². The van der Waals surface area contributed by atoms with Crippen LogP contribution in [0.3, 0.4) is 0 Å². The monoisotopic (exact) mass is 363 g/mol. The summed E-state index contributed by atoms with van der Waals surface area (Å²) in [5, 5.41) is 0. The first-order chi connectivity index (χ1) is 13.2. The Morgan fingerprint density at radius 2 is 1.96 bits per heavy atom. The Bertz CT molecular complexity index is 862. The molecular weight excluding hydrogens is 338 g/mol. The van der Waals surface area contributed by atoms with Gasteiger partial charge in [-0.15, -0.1) is 0 Å². The van der Waals surface area contributed by atoms with E-state index in [1.807, 2.05) is 30.3 Å². The largest absolute Gasteiger partial charge is 0.486 e. The number of hydrogen-bond donors (Lipinski definition) is 0. The number of likely N-dealkylation sites (tertiary alicyclic amines) is 1. The number of pyridine rings is 1. The van der Waals surface area contributed by atoms with Gasteiger partial charge in [-0.3, -0.25) is 4.79 Å². The second kappa shape index (κ2) is 6.55. The SMILES string of the molecule is Cc1ccccc1OC1CN(c2ncccc2C(=O)N2C[C@H]3CC[C@@H]2C3)C1. The van der Waals surface area contributed by atoms with Crippen molar-refractivity contribution in [3.63, 3.8) is 0 Å². The molecule has 0 unspecified atom stereocenters. The third-order valence-electron chi connectivity index (χ3n) is 6.22. The van der Waals surface area contributed by atoms with Gasteiger partial charge in [0.05, 0.1) is 18.7 Å². The van der Waals surface area contributed by atoms with E-state index in [1.54, 1.807) is 6.20 Å². The molecule has 3 fully saturated rings. The second-order valence-corrected chi connectivity index (χ2v) is 8.08. The van der Waals surface area contributed by atoms with E-state index in [1.165, 1.54) is 12.8 Å². The molecule has 2 bridgehead atoms. The zero-order valence-electron chi connectivity index (χ0n) is 15.7. The number of amides is 1. The maximum Gasteiger partial charge on any atom is 0.257 e. The van der Waals surface area contributed by atoms with Crippen LogP contribution in [0.15, 0.2) is 42.6 Å². The van der Waals surface area contributed by atoms with E-state index in [4.69, 9.17) is 4.74 Å². The van der Waals surface area contributed by atoms with Crippen molar-refractivity contribution in [1.82, 2.24) is 9.88 Å². The fourth-order valence-electron chi connectivity index (χ4n) is 4.70. The zero-order chi connectivity index (χ0) is 18.4. The van der Waals surface area contributed by atoms with Gasteiger partial charge in [0.2, 0.25) is 0 Å². The third-order valence-corrected chi connectivity index (χ3v) is 6.22. The highest BCUT2D eigenvalue weighted by molar-refractivity contribution is 5.99. The van der Waals surface area contributed by atoms with E-state index in [-0.39, 0.29) is 12.0 Å². The minimum Gasteiger partial charge on any atom is -0.486 e. The van der Waals surface area contributed by atoms with Crippen molar-refractivity contribution >= 4 is 11.7 Å². The molecule has 2 aromatic rings. The van der Waals surface area contributed by atoms with E-state index >= 15 is 0 Å². The van der Waals surface area contributed by atoms with Crippen molar-refractivity contribution in [3.05, 3.63) is 53.7 Å². The Hall–Kier alpha value is -2.56. The zero-order valence-corrected chi connectivity index (χ0v) is 15.7. The van der Waals surface area contributed by atoms with Crippen molar-refractivity contribution in [2.75, 3.05) is 24.5 Å². The number of anilines is 1. The highest BCUT2D eigenvalue weighted by Crippen LogP contribution is 2.39. The van der Waals surface area contributed by atoms with Crippen LogP contribution in [-0.4, -0.2) is 47.6 Å². The lowest BCUT2D eigenvalue weighted by atomic mass is 10.1. The highest BCUT2D eigenvalue weighted by Gasteiger charge is 2.42. The summed E-state index contributed by atoms with van der Waals surface area (Å²) in [6.45, 7) is 4.50. The number of ether oxygens (including phenoxy) is 1. The molecule has 2 atom stereocenters. The van der Waals surface area contributed by atoms with Gasteiger partial charge < -0.3 is 14.5 Å². The standard InChI is InChI=1S/C22H25N3O2/c1-15-5-2-3-7-20(15)27-18-13-24(14-18)21-19(6-4-10-23-21)22(26)25-12-16-8-9-17(25)11-16/h2-7,10,16-18H,8-9,11-14H2,1H3/t16-,17+/m0/s1. The molecule has 3 heterocycles. The van der Waals surface area contributed by atoms with Crippen LogP contribution in [0.2, 0.25) is 0 Å². The molecule has 1 saturated carbocycles. The van der Waals surface area contributed by atoms with Crippen molar-refractivity contribution < 1.29 is 9.53 Å².